The molecule has 0 radical (unpaired) electrons. The molecule has 0 amide bonds. The first-order chi connectivity index (χ1) is 8.86. The Morgan fingerprint density at radius 3 is 2.63 bits per heavy atom. The van der Waals surface area contributed by atoms with E-state index in [2.05, 4.69) is 5.32 Å². The third kappa shape index (κ3) is 4.40. The molecule has 1 aromatic rings. The SMILES string of the molecule is CNCCC=Cc1cc(C(F)(F)F)ccc1C(=O)O. The highest BCUT2D eigenvalue weighted by Gasteiger charge is 2.31. The highest BCUT2D eigenvalue weighted by atomic mass is 19.4. The predicted octanol–water partition coefficient (Wildman–Crippen LogP) is 3.03. The molecular formula is C13H14F3NO2. The number of alkyl halides is 3. The Bertz CT molecular complexity index is 481. The molecule has 0 bridgehead atoms. The Kier molecular flexibility index (Phi) is 5.11. The Balaban J connectivity index is 3.09. The topological polar surface area (TPSA) is 49.3 Å². The van der Waals surface area contributed by atoms with Crippen LogP contribution in [0.2, 0.25) is 0 Å². The molecule has 0 aromatic heterocycles. The minimum absolute atomic E-state index is 0.0541. The van der Waals surface area contributed by atoms with E-state index in [0.29, 0.717) is 13.0 Å². The maximum absolute atomic E-state index is 12.6. The number of carboxylic acids is 1. The van der Waals surface area contributed by atoms with Gasteiger partial charge in [0.05, 0.1) is 11.1 Å². The van der Waals surface area contributed by atoms with Crippen LogP contribution < -0.4 is 5.32 Å². The summed E-state index contributed by atoms with van der Waals surface area (Å²) in [6.07, 6.45) is -0.842. The van der Waals surface area contributed by atoms with Gasteiger partial charge in [0.15, 0.2) is 0 Å². The molecule has 104 valence electrons. The van der Waals surface area contributed by atoms with Gasteiger partial charge in [-0.05, 0) is 43.8 Å². The summed E-state index contributed by atoms with van der Waals surface area (Å²) in [5.41, 5.74) is -0.946. The second kappa shape index (κ2) is 6.38. The summed E-state index contributed by atoms with van der Waals surface area (Å²) in [7, 11) is 1.75. The van der Waals surface area contributed by atoms with Crippen LogP contribution in [0.25, 0.3) is 6.08 Å². The van der Waals surface area contributed by atoms with Gasteiger partial charge < -0.3 is 10.4 Å². The molecule has 0 aliphatic heterocycles. The molecule has 3 nitrogen and oxygen atoms in total. The van der Waals surface area contributed by atoms with E-state index in [1.807, 2.05) is 0 Å². The van der Waals surface area contributed by atoms with Crippen molar-refractivity contribution in [3.63, 3.8) is 0 Å². The predicted molar refractivity (Wildman–Crippen MR) is 66.0 cm³/mol. The number of hydrogen-bond donors (Lipinski definition) is 2. The van der Waals surface area contributed by atoms with Crippen molar-refractivity contribution >= 4 is 12.0 Å². The molecule has 0 unspecified atom stereocenters. The molecule has 19 heavy (non-hydrogen) atoms. The van der Waals surface area contributed by atoms with Crippen LogP contribution in [-0.2, 0) is 6.18 Å². The van der Waals surface area contributed by atoms with E-state index in [0.717, 1.165) is 18.2 Å². The lowest BCUT2D eigenvalue weighted by molar-refractivity contribution is -0.137. The lowest BCUT2D eigenvalue weighted by atomic mass is 10.0. The maximum Gasteiger partial charge on any atom is 0.416 e. The second-order valence-corrected chi connectivity index (χ2v) is 3.90. The van der Waals surface area contributed by atoms with Gasteiger partial charge in [-0.15, -0.1) is 0 Å². The van der Waals surface area contributed by atoms with Crippen LogP contribution in [-0.4, -0.2) is 24.7 Å². The normalized spacial score (nSPS) is 12.0. The molecule has 0 aliphatic carbocycles. The first-order valence-electron chi connectivity index (χ1n) is 5.62. The van der Waals surface area contributed by atoms with Gasteiger partial charge in [-0.3, -0.25) is 0 Å². The van der Waals surface area contributed by atoms with Gasteiger partial charge >= 0.3 is 12.1 Å². The van der Waals surface area contributed by atoms with Gasteiger partial charge in [0.1, 0.15) is 0 Å². The average Bonchev–Trinajstić information content (AvgIpc) is 2.33. The number of halogens is 3. The Labute approximate surface area is 108 Å². The van der Waals surface area contributed by atoms with Crippen LogP contribution >= 0.6 is 0 Å². The third-order valence-electron chi connectivity index (χ3n) is 2.47. The van der Waals surface area contributed by atoms with Crippen LogP contribution in [0.15, 0.2) is 24.3 Å². The zero-order valence-electron chi connectivity index (χ0n) is 10.3. The Morgan fingerprint density at radius 1 is 1.42 bits per heavy atom. The van der Waals surface area contributed by atoms with Gasteiger partial charge in [0, 0.05) is 0 Å². The van der Waals surface area contributed by atoms with Gasteiger partial charge in [0.25, 0.3) is 0 Å². The van der Waals surface area contributed by atoms with E-state index >= 15 is 0 Å². The summed E-state index contributed by atoms with van der Waals surface area (Å²) in [4.78, 5) is 10.9. The molecule has 0 fully saturated rings. The molecule has 0 saturated heterocycles. The molecule has 0 spiro atoms. The average molecular weight is 273 g/mol. The van der Waals surface area contributed by atoms with Crippen LogP contribution in [0.1, 0.15) is 27.9 Å². The van der Waals surface area contributed by atoms with Crippen LogP contribution in [0.5, 0.6) is 0 Å². The fourth-order valence-corrected chi connectivity index (χ4v) is 1.51. The van der Waals surface area contributed by atoms with Crippen LogP contribution in [0, 0.1) is 0 Å². The van der Waals surface area contributed by atoms with E-state index in [1.54, 1.807) is 13.1 Å². The Hall–Kier alpha value is -1.82. The van der Waals surface area contributed by atoms with Gasteiger partial charge in [0.2, 0.25) is 0 Å². The summed E-state index contributed by atoms with van der Waals surface area (Å²) >= 11 is 0. The Morgan fingerprint density at radius 2 is 2.11 bits per heavy atom. The van der Waals surface area contributed by atoms with Crippen LogP contribution in [0.4, 0.5) is 13.2 Å². The molecule has 0 heterocycles. The highest BCUT2D eigenvalue weighted by molar-refractivity contribution is 5.92. The second-order valence-electron chi connectivity index (χ2n) is 3.90. The zero-order chi connectivity index (χ0) is 14.5. The number of carbonyl (C=O) groups is 1. The number of carboxylic acid groups (broad SMARTS) is 1. The minimum atomic E-state index is -4.48. The summed E-state index contributed by atoms with van der Waals surface area (Å²) in [6, 6.07) is 2.59. The molecule has 2 N–H and O–H groups in total. The molecular weight excluding hydrogens is 259 g/mol. The molecule has 1 aromatic carbocycles. The number of nitrogens with one attached hydrogen (secondary N) is 1. The maximum atomic E-state index is 12.6. The zero-order valence-corrected chi connectivity index (χ0v) is 10.3. The molecule has 0 saturated carbocycles. The van der Waals surface area contributed by atoms with E-state index in [1.165, 1.54) is 6.08 Å². The first kappa shape index (κ1) is 15.2. The number of hydrogen-bond acceptors (Lipinski definition) is 2. The van der Waals surface area contributed by atoms with Crippen molar-refractivity contribution in [2.24, 2.45) is 0 Å². The molecule has 0 atom stereocenters. The number of aromatic carboxylic acids is 1. The van der Waals surface area contributed by atoms with Gasteiger partial charge in [-0.1, -0.05) is 12.2 Å². The van der Waals surface area contributed by atoms with Crippen molar-refractivity contribution in [2.45, 2.75) is 12.6 Å². The first-order valence-corrected chi connectivity index (χ1v) is 5.62. The van der Waals surface area contributed by atoms with Gasteiger partial charge in [-0.2, -0.15) is 13.2 Å². The van der Waals surface area contributed by atoms with Crippen molar-refractivity contribution < 1.29 is 23.1 Å². The fraction of sp³-hybridized carbons (Fsp3) is 0.308. The van der Waals surface area contributed by atoms with E-state index < -0.39 is 17.7 Å². The number of rotatable bonds is 5. The minimum Gasteiger partial charge on any atom is -0.478 e. The van der Waals surface area contributed by atoms with Crippen molar-refractivity contribution in [2.75, 3.05) is 13.6 Å². The largest absolute Gasteiger partial charge is 0.478 e. The summed E-state index contributed by atoms with van der Waals surface area (Å²) < 4.78 is 37.7. The monoisotopic (exact) mass is 273 g/mol. The lowest BCUT2D eigenvalue weighted by Gasteiger charge is -2.09. The van der Waals surface area contributed by atoms with Crippen molar-refractivity contribution in [1.29, 1.82) is 0 Å². The van der Waals surface area contributed by atoms with Crippen molar-refractivity contribution in [3.8, 4) is 0 Å². The number of benzene rings is 1. The molecule has 0 aliphatic rings. The van der Waals surface area contributed by atoms with Gasteiger partial charge in [-0.25, -0.2) is 4.79 Å². The fourth-order valence-electron chi connectivity index (χ4n) is 1.51. The molecule has 6 heteroatoms. The highest BCUT2D eigenvalue weighted by Crippen LogP contribution is 2.31. The summed E-state index contributed by atoms with van der Waals surface area (Å²) in [5.74, 6) is -1.25. The van der Waals surface area contributed by atoms with E-state index in [4.69, 9.17) is 5.11 Å². The summed E-state index contributed by atoms with van der Waals surface area (Å²) in [6.45, 7) is 0.665. The van der Waals surface area contributed by atoms with E-state index in [-0.39, 0.29) is 11.1 Å². The quantitative estimate of drug-likeness (QED) is 0.811. The van der Waals surface area contributed by atoms with Crippen molar-refractivity contribution in [1.82, 2.24) is 5.32 Å². The van der Waals surface area contributed by atoms with E-state index in [9.17, 15) is 18.0 Å². The summed E-state index contributed by atoms with van der Waals surface area (Å²) in [5, 5.41) is 11.8. The lowest BCUT2D eigenvalue weighted by Crippen LogP contribution is -2.08. The van der Waals surface area contributed by atoms with Crippen LogP contribution in [0.3, 0.4) is 0 Å². The molecule has 1 rings (SSSR count). The smallest absolute Gasteiger partial charge is 0.416 e. The standard InChI is InChI=1S/C13H14F3NO2/c1-17-7-3-2-4-9-8-10(13(14,15)16)5-6-11(9)12(18)19/h2,4-6,8,17H,3,7H2,1H3,(H,18,19). The third-order valence-corrected chi connectivity index (χ3v) is 2.47. The van der Waals surface area contributed by atoms with Crippen molar-refractivity contribution in [3.05, 3.63) is 41.0 Å².